The molecule has 2 aliphatic heterocycles. The molecule has 2 heterocycles. The summed E-state index contributed by atoms with van der Waals surface area (Å²) in [6.07, 6.45) is -3.10. The second kappa shape index (κ2) is 11.8. The lowest BCUT2D eigenvalue weighted by Gasteiger charge is -2.50. The van der Waals surface area contributed by atoms with Crippen molar-refractivity contribution in [1.82, 2.24) is 4.90 Å². The quantitative estimate of drug-likeness (QED) is 0.218. The van der Waals surface area contributed by atoms with Crippen molar-refractivity contribution in [2.75, 3.05) is 13.2 Å². The van der Waals surface area contributed by atoms with Crippen LogP contribution in [0.25, 0.3) is 0 Å². The van der Waals surface area contributed by atoms with E-state index in [1.165, 1.54) is 0 Å². The van der Waals surface area contributed by atoms with Crippen molar-refractivity contribution in [1.29, 1.82) is 0 Å². The highest BCUT2D eigenvalue weighted by Gasteiger charge is 2.56. The molecular formula is C30H38FNO6Si. The van der Waals surface area contributed by atoms with Crippen LogP contribution >= 0.6 is 0 Å². The number of alkyl halides is 1. The van der Waals surface area contributed by atoms with Gasteiger partial charge in [-0.1, -0.05) is 69.3 Å². The Morgan fingerprint density at radius 3 is 2.15 bits per heavy atom. The van der Waals surface area contributed by atoms with Crippen LogP contribution in [0.15, 0.2) is 67.3 Å². The van der Waals surface area contributed by atoms with Crippen molar-refractivity contribution in [3.8, 4) is 0 Å². The molecule has 1 saturated heterocycles. The minimum Gasteiger partial charge on any atom is -0.408 e. The molecule has 0 saturated carbocycles. The van der Waals surface area contributed by atoms with E-state index in [9.17, 15) is 9.59 Å². The van der Waals surface area contributed by atoms with Crippen molar-refractivity contribution in [3.05, 3.63) is 83.9 Å². The fraction of sp³-hybridized carbons (Fsp3) is 0.467. The van der Waals surface area contributed by atoms with E-state index >= 15 is 4.39 Å². The molecule has 2 amide bonds. The summed E-state index contributed by atoms with van der Waals surface area (Å²) in [5, 5.41) is -0.178. The van der Waals surface area contributed by atoms with E-state index in [4.69, 9.17) is 18.6 Å². The standard InChI is InChI=1S/C30H38FNO6Si/c1-7-17-36-26-24(32-28(33)21-15-11-12-16-22(21)29(32)34)27(31)37-23(19-35-18-20-13-9-8-10-14-20)25(26)38-39(5,6)30(2,3)4/h7-16,23-27H,1,17-19H2,2-6H3/t23-,24-,25-,26-,27-/m1/s1. The third kappa shape index (κ3) is 6.07. The molecule has 2 aromatic carbocycles. The number of benzene rings is 2. The first-order valence-corrected chi connectivity index (χ1v) is 16.2. The average Bonchev–Trinajstić information content (AvgIpc) is 3.14. The Morgan fingerprint density at radius 2 is 1.59 bits per heavy atom. The van der Waals surface area contributed by atoms with Crippen LogP contribution in [0.1, 0.15) is 47.1 Å². The maximum absolute atomic E-state index is 16.0. The number of ether oxygens (including phenoxy) is 3. The van der Waals surface area contributed by atoms with E-state index in [0.717, 1.165) is 10.5 Å². The van der Waals surface area contributed by atoms with E-state index in [2.05, 4.69) is 40.4 Å². The van der Waals surface area contributed by atoms with E-state index in [1.54, 1.807) is 30.3 Å². The molecule has 0 N–H and O–H groups in total. The summed E-state index contributed by atoms with van der Waals surface area (Å²) in [5.74, 6) is -1.16. The van der Waals surface area contributed by atoms with Gasteiger partial charge in [0.2, 0.25) is 6.36 Å². The van der Waals surface area contributed by atoms with E-state index in [1.807, 2.05) is 30.3 Å². The number of fused-ring (bicyclic) bond motifs is 1. The Bertz CT molecular complexity index is 1150. The average molecular weight is 556 g/mol. The predicted octanol–water partition coefficient (Wildman–Crippen LogP) is 5.52. The molecule has 4 rings (SSSR count). The normalized spacial score (nSPS) is 25.6. The van der Waals surface area contributed by atoms with Crippen molar-refractivity contribution in [3.63, 3.8) is 0 Å². The Labute approximate surface area is 231 Å². The lowest BCUT2D eigenvalue weighted by atomic mass is 9.95. The minimum atomic E-state index is -2.46. The zero-order chi connectivity index (χ0) is 28.4. The zero-order valence-electron chi connectivity index (χ0n) is 23.3. The summed E-state index contributed by atoms with van der Waals surface area (Å²) >= 11 is 0. The van der Waals surface area contributed by atoms with Gasteiger partial charge in [0.15, 0.2) is 8.32 Å². The molecule has 1 fully saturated rings. The van der Waals surface area contributed by atoms with Crippen molar-refractivity contribution >= 4 is 20.1 Å². The molecule has 2 aromatic rings. The highest BCUT2D eigenvalue weighted by atomic mass is 28.4. The fourth-order valence-electron chi connectivity index (χ4n) is 4.66. The highest BCUT2D eigenvalue weighted by molar-refractivity contribution is 6.74. The van der Waals surface area contributed by atoms with Crippen LogP contribution in [0, 0.1) is 0 Å². The molecule has 0 aromatic heterocycles. The maximum Gasteiger partial charge on any atom is 0.262 e. The topological polar surface area (TPSA) is 74.3 Å². The first kappa shape index (κ1) is 29.3. The fourth-order valence-corrected chi connectivity index (χ4v) is 5.98. The van der Waals surface area contributed by atoms with Crippen LogP contribution in [0.5, 0.6) is 0 Å². The van der Waals surface area contributed by atoms with Crippen LogP contribution in [0.2, 0.25) is 18.1 Å². The van der Waals surface area contributed by atoms with Crippen LogP contribution in [-0.4, -0.2) is 69.0 Å². The molecule has 5 atom stereocenters. The summed E-state index contributed by atoms with van der Waals surface area (Å²) in [5.41, 5.74) is 1.43. The molecule has 0 radical (unpaired) electrons. The summed E-state index contributed by atoms with van der Waals surface area (Å²) in [6, 6.07) is 14.8. The molecule has 7 nitrogen and oxygen atoms in total. The van der Waals surface area contributed by atoms with Crippen molar-refractivity contribution in [2.45, 2.75) is 76.2 Å². The number of rotatable bonds is 10. The van der Waals surface area contributed by atoms with Gasteiger partial charge in [-0.15, -0.1) is 6.58 Å². The number of nitrogens with zero attached hydrogens (tertiary/aromatic N) is 1. The Morgan fingerprint density at radius 1 is 1.00 bits per heavy atom. The van der Waals surface area contributed by atoms with Gasteiger partial charge in [-0.05, 0) is 35.8 Å². The van der Waals surface area contributed by atoms with Crippen LogP contribution < -0.4 is 0 Å². The lowest BCUT2D eigenvalue weighted by Crippen LogP contribution is -2.67. The first-order chi connectivity index (χ1) is 18.5. The summed E-state index contributed by atoms with van der Waals surface area (Å²) in [6.45, 7) is 14.6. The van der Waals surface area contributed by atoms with Gasteiger partial charge in [0.05, 0.1) is 30.9 Å². The van der Waals surface area contributed by atoms with Gasteiger partial charge in [-0.2, -0.15) is 0 Å². The second-order valence-electron chi connectivity index (χ2n) is 11.5. The summed E-state index contributed by atoms with van der Waals surface area (Å²) < 4.78 is 40.8. The number of carbonyl (C=O) groups excluding carboxylic acids is 2. The van der Waals surface area contributed by atoms with Crippen molar-refractivity contribution < 1.29 is 32.6 Å². The largest absolute Gasteiger partial charge is 0.408 e. The van der Waals surface area contributed by atoms with E-state index in [-0.39, 0.29) is 29.4 Å². The molecule has 210 valence electrons. The molecular weight excluding hydrogens is 517 g/mol. The predicted molar refractivity (Wildman–Crippen MR) is 149 cm³/mol. The molecule has 0 aliphatic carbocycles. The van der Waals surface area contributed by atoms with Crippen LogP contribution in [0.4, 0.5) is 4.39 Å². The zero-order valence-corrected chi connectivity index (χ0v) is 24.3. The molecule has 0 unspecified atom stereocenters. The third-order valence-corrected chi connectivity index (χ3v) is 12.2. The van der Waals surface area contributed by atoms with Gasteiger partial charge >= 0.3 is 0 Å². The third-order valence-electron chi connectivity index (χ3n) is 7.76. The van der Waals surface area contributed by atoms with Crippen LogP contribution in [0.3, 0.4) is 0 Å². The van der Waals surface area contributed by atoms with Gasteiger partial charge in [-0.25, -0.2) is 4.39 Å². The van der Waals surface area contributed by atoms with Gasteiger partial charge < -0.3 is 18.6 Å². The summed E-state index contributed by atoms with van der Waals surface area (Å²) in [7, 11) is -2.46. The van der Waals surface area contributed by atoms with Gasteiger partial charge in [0.1, 0.15) is 24.4 Å². The maximum atomic E-state index is 16.0. The van der Waals surface area contributed by atoms with Gasteiger partial charge in [-0.3, -0.25) is 14.5 Å². The number of hydrogen-bond donors (Lipinski definition) is 0. The van der Waals surface area contributed by atoms with E-state index < -0.39 is 50.8 Å². The molecule has 0 bridgehead atoms. The number of halogens is 1. The SMILES string of the molecule is C=CCO[C@H]1[C@H](O[Si](C)(C)C(C)(C)C)[C@@H](COCc2ccccc2)O[C@@H](F)[C@@H]1N1C(=O)c2ccccc2C1=O. The Kier molecular flexibility index (Phi) is 8.87. The molecule has 9 heteroatoms. The molecule has 0 spiro atoms. The minimum absolute atomic E-state index is 0.0391. The van der Waals surface area contributed by atoms with Gasteiger partial charge in [0.25, 0.3) is 11.8 Å². The number of imide groups is 1. The monoisotopic (exact) mass is 555 g/mol. The molecule has 39 heavy (non-hydrogen) atoms. The van der Waals surface area contributed by atoms with Crippen LogP contribution in [-0.2, 0) is 25.2 Å². The van der Waals surface area contributed by atoms with Crippen molar-refractivity contribution in [2.24, 2.45) is 0 Å². The highest BCUT2D eigenvalue weighted by Crippen LogP contribution is 2.41. The number of carbonyl (C=O) groups is 2. The number of amides is 2. The van der Waals surface area contributed by atoms with E-state index in [0.29, 0.717) is 6.61 Å². The Hall–Kier alpha value is -2.69. The summed E-state index contributed by atoms with van der Waals surface area (Å²) in [4.78, 5) is 27.7. The van der Waals surface area contributed by atoms with Gasteiger partial charge in [0, 0.05) is 0 Å². The molecule has 2 aliphatic rings. The smallest absolute Gasteiger partial charge is 0.262 e. The Balaban J connectivity index is 1.68. The number of hydrogen-bond acceptors (Lipinski definition) is 6. The first-order valence-electron chi connectivity index (χ1n) is 13.2. The second-order valence-corrected chi connectivity index (χ2v) is 16.2. The lowest BCUT2D eigenvalue weighted by molar-refractivity contribution is -0.247.